The minimum Gasteiger partial charge on any atom is -0.495 e. The summed E-state index contributed by atoms with van der Waals surface area (Å²) >= 11 is 0. The Morgan fingerprint density at radius 1 is 1.58 bits per heavy atom. The normalized spacial score (nSPS) is 19.3. The summed E-state index contributed by atoms with van der Waals surface area (Å²) < 4.78 is 10.9. The number of ether oxygens (including phenoxy) is 2. The molecule has 1 aromatic carbocycles. The number of benzene rings is 1. The van der Waals surface area contributed by atoms with Crippen molar-refractivity contribution in [3.05, 3.63) is 23.8 Å². The Bertz CT molecular complexity index is 462. The molecule has 1 saturated heterocycles. The van der Waals surface area contributed by atoms with Gasteiger partial charge in [0.1, 0.15) is 11.9 Å². The Morgan fingerprint density at radius 3 is 3.05 bits per heavy atom. The second-order valence-corrected chi connectivity index (χ2v) is 4.55. The van der Waals surface area contributed by atoms with Gasteiger partial charge in [0.15, 0.2) is 0 Å². The second kappa shape index (κ2) is 5.93. The molecule has 0 bridgehead atoms. The van der Waals surface area contributed by atoms with Crippen molar-refractivity contribution in [2.75, 3.05) is 32.5 Å². The molecule has 1 unspecified atom stereocenters. The van der Waals surface area contributed by atoms with Gasteiger partial charge in [-0.1, -0.05) is 13.0 Å². The van der Waals surface area contributed by atoms with Crippen LogP contribution in [0, 0.1) is 0 Å². The number of hydrogen-bond donors (Lipinski definition) is 1. The highest BCUT2D eigenvalue weighted by Gasteiger charge is 2.24. The smallest absolute Gasteiger partial charge is 0.222 e. The standard InChI is InChI=1S/C14H20N2O3/c1-3-14(17)16-6-7-19-13(9-16)10-4-5-11(15)12(8-10)18-2/h4-5,8,13H,3,6-7,9,15H2,1-2H3. The van der Waals surface area contributed by atoms with Gasteiger partial charge >= 0.3 is 0 Å². The van der Waals surface area contributed by atoms with Crippen molar-refractivity contribution in [3.8, 4) is 5.75 Å². The zero-order valence-electron chi connectivity index (χ0n) is 11.4. The summed E-state index contributed by atoms with van der Waals surface area (Å²) in [6, 6.07) is 5.60. The first-order valence-electron chi connectivity index (χ1n) is 6.48. The van der Waals surface area contributed by atoms with E-state index in [0.29, 0.717) is 37.6 Å². The Kier molecular flexibility index (Phi) is 4.27. The molecule has 1 heterocycles. The first kappa shape index (κ1) is 13.7. The topological polar surface area (TPSA) is 64.8 Å². The lowest BCUT2D eigenvalue weighted by Gasteiger charge is -2.33. The van der Waals surface area contributed by atoms with Crippen molar-refractivity contribution >= 4 is 11.6 Å². The highest BCUT2D eigenvalue weighted by Crippen LogP contribution is 2.29. The molecule has 1 aliphatic rings. The summed E-state index contributed by atoms with van der Waals surface area (Å²) in [5.41, 5.74) is 7.38. The highest BCUT2D eigenvalue weighted by atomic mass is 16.5. The Morgan fingerprint density at radius 2 is 2.37 bits per heavy atom. The molecule has 104 valence electrons. The summed E-state index contributed by atoms with van der Waals surface area (Å²) in [6.45, 7) is 3.68. The maximum atomic E-state index is 11.7. The quantitative estimate of drug-likeness (QED) is 0.842. The maximum absolute atomic E-state index is 11.7. The number of morpholine rings is 1. The monoisotopic (exact) mass is 264 g/mol. The third-order valence-electron chi connectivity index (χ3n) is 3.35. The van der Waals surface area contributed by atoms with Crippen LogP contribution in [0.1, 0.15) is 25.0 Å². The van der Waals surface area contributed by atoms with Crippen LogP contribution in [0.25, 0.3) is 0 Å². The van der Waals surface area contributed by atoms with Crippen LogP contribution in [0.5, 0.6) is 5.75 Å². The van der Waals surface area contributed by atoms with Crippen molar-refractivity contribution in [1.29, 1.82) is 0 Å². The van der Waals surface area contributed by atoms with E-state index in [1.54, 1.807) is 13.2 Å². The van der Waals surface area contributed by atoms with Crippen molar-refractivity contribution in [3.63, 3.8) is 0 Å². The molecule has 5 nitrogen and oxygen atoms in total. The number of carbonyl (C=O) groups excluding carboxylic acids is 1. The van der Waals surface area contributed by atoms with Gasteiger partial charge in [-0.3, -0.25) is 4.79 Å². The third-order valence-corrected chi connectivity index (χ3v) is 3.35. The van der Waals surface area contributed by atoms with Crippen molar-refractivity contribution in [2.45, 2.75) is 19.4 Å². The number of nitrogen functional groups attached to an aromatic ring is 1. The molecule has 0 aliphatic carbocycles. The average Bonchev–Trinajstić information content (AvgIpc) is 2.47. The van der Waals surface area contributed by atoms with Crippen LogP contribution >= 0.6 is 0 Å². The molecule has 1 fully saturated rings. The van der Waals surface area contributed by atoms with E-state index < -0.39 is 0 Å². The molecule has 0 aromatic heterocycles. The number of anilines is 1. The fourth-order valence-corrected chi connectivity index (χ4v) is 2.23. The van der Waals surface area contributed by atoms with Gasteiger partial charge in [0.25, 0.3) is 0 Å². The van der Waals surface area contributed by atoms with Crippen LogP contribution in [0.3, 0.4) is 0 Å². The summed E-state index contributed by atoms with van der Waals surface area (Å²) in [7, 11) is 1.59. The lowest BCUT2D eigenvalue weighted by Crippen LogP contribution is -2.41. The van der Waals surface area contributed by atoms with Gasteiger partial charge in [-0.05, 0) is 17.7 Å². The second-order valence-electron chi connectivity index (χ2n) is 4.55. The van der Waals surface area contributed by atoms with Gasteiger partial charge in [0, 0.05) is 13.0 Å². The van der Waals surface area contributed by atoms with Gasteiger partial charge < -0.3 is 20.1 Å². The lowest BCUT2D eigenvalue weighted by atomic mass is 10.1. The van der Waals surface area contributed by atoms with Gasteiger partial charge in [0.2, 0.25) is 5.91 Å². The molecule has 19 heavy (non-hydrogen) atoms. The molecule has 2 rings (SSSR count). The van der Waals surface area contributed by atoms with E-state index in [2.05, 4.69) is 0 Å². The first-order valence-corrected chi connectivity index (χ1v) is 6.48. The number of carbonyl (C=O) groups is 1. The molecule has 1 atom stereocenters. The third kappa shape index (κ3) is 2.98. The van der Waals surface area contributed by atoms with Crippen molar-refractivity contribution in [2.24, 2.45) is 0 Å². The highest BCUT2D eigenvalue weighted by molar-refractivity contribution is 5.76. The Balaban J connectivity index is 2.15. The van der Waals surface area contributed by atoms with Crippen LogP contribution in [0.4, 0.5) is 5.69 Å². The predicted octanol–water partition coefficient (Wildman–Crippen LogP) is 1.59. The summed E-state index contributed by atoms with van der Waals surface area (Å²) in [5.74, 6) is 0.802. The number of rotatable bonds is 3. The van der Waals surface area contributed by atoms with Gasteiger partial charge in [-0.25, -0.2) is 0 Å². The minimum absolute atomic E-state index is 0.112. The molecule has 0 saturated carbocycles. The van der Waals surface area contributed by atoms with E-state index in [1.807, 2.05) is 24.0 Å². The van der Waals surface area contributed by atoms with Crippen LogP contribution in [0.15, 0.2) is 18.2 Å². The fraction of sp³-hybridized carbons (Fsp3) is 0.500. The SMILES string of the molecule is CCC(=O)N1CCOC(c2ccc(N)c(OC)c2)C1. The van der Waals surface area contributed by atoms with Gasteiger partial charge in [-0.15, -0.1) is 0 Å². The number of hydrogen-bond acceptors (Lipinski definition) is 4. The van der Waals surface area contributed by atoms with Gasteiger partial charge in [0.05, 0.1) is 25.9 Å². The number of nitrogens with two attached hydrogens (primary N) is 1. The maximum Gasteiger partial charge on any atom is 0.222 e. The van der Waals surface area contributed by atoms with E-state index >= 15 is 0 Å². The van der Waals surface area contributed by atoms with Crippen molar-refractivity contribution < 1.29 is 14.3 Å². The number of nitrogens with zero attached hydrogens (tertiary/aromatic N) is 1. The zero-order valence-corrected chi connectivity index (χ0v) is 11.4. The number of methoxy groups -OCH3 is 1. The molecule has 2 N–H and O–H groups in total. The minimum atomic E-state index is -0.112. The van der Waals surface area contributed by atoms with E-state index in [4.69, 9.17) is 15.2 Å². The summed E-state index contributed by atoms with van der Waals surface area (Å²) in [6.07, 6.45) is 0.413. The molecule has 5 heteroatoms. The number of amides is 1. The fourth-order valence-electron chi connectivity index (χ4n) is 2.23. The predicted molar refractivity (Wildman–Crippen MR) is 73.0 cm³/mol. The Hall–Kier alpha value is -1.75. The Labute approximate surface area is 113 Å². The van der Waals surface area contributed by atoms with Crippen LogP contribution in [0.2, 0.25) is 0 Å². The molecule has 0 radical (unpaired) electrons. The largest absolute Gasteiger partial charge is 0.495 e. The molecule has 1 aliphatic heterocycles. The molecule has 1 aromatic rings. The van der Waals surface area contributed by atoms with E-state index in [0.717, 1.165) is 5.56 Å². The zero-order chi connectivity index (χ0) is 13.8. The van der Waals surface area contributed by atoms with Crippen LogP contribution in [-0.2, 0) is 9.53 Å². The van der Waals surface area contributed by atoms with E-state index in [1.165, 1.54) is 0 Å². The van der Waals surface area contributed by atoms with E-state index in [-0.39, 0.29) is 12.0 Å². The summed E-state index contributed by atoms with van der Waals surface area (Å²) in [5, 5.41) is 0. The lowest BCUT2D eigenvalue weighted by molar-refractivity contribution is -0.138. The van der Waals surface area contributed by atoms with Crippen molar-refractivity contribution in [1.82, 2.24) is 4.90 Å². The molecular formula is C14H20N2O3. The average molecular weight is 264 g/mol. The first-order chi connectivity index (χ1) is 9.15. The summed E-state index contributed by atoms with van der Waals surface area (Å²) in [4.78, 5) is 13.6. The molecule has 1 amide bonds. The van der Waals surface area contributed by atoms with Crippen LogP contribution < -0.4 is 10.5 Å². The van der Waals surface area contributed by atoms with Gasteiger partial charge in [-0.2, -0.15) is 0 Å². The van der Waals surface area contributed by atoms with E-state index in [9.17, 15) is 4.79 Å². The van der Waals surface area contributed by atoms with Crippen LogP contribution in [-0.4, -0.2) is 37.6 Å². The molecular weight excluding hydrogens is 244 g/mol. The molecule has 0 spiro atoms.